The molecule has 1 fully saturated rings. The zero-order valence-corrected chi connectivity index (χ0v) is 14.0. The Balaban J connectivity index is 2.04. The largest absolute Gasteiger partial charge is 0.508 e. The Morgan fingerprint density at radius 2 is 1.43 bits per heavy atom. The van der Waals surface area contributed by atoms with Crippen LogP contribution in [-0.2, 0) is 5.41 Å². The van der Waals surface area contributed by atoms with Gasteiger partial charge in [-0.3, -0.25) is 0 Å². The fourth-order valence-electron chi connectivity index (χ4n) is 4.15. The van der Waals surface area contributed by atoms with Gasteiger partial charge in [0.1, 0.15) is 11.5 Å². The molecule has 2 N–H and O–H groups in total. The third-order valence-electron chi connectivity index (χ3n) is 5.84. The summed E-state index contributed by atoms with van der Waals surface area (Å²) in [5.41, 5.74) is 2.54. The van der Waals surface area contributed by atoms with Gasteiger partial charge in [0.2, 0.25) is 0 Å². The number of aromatic hydroxyl groups is 2. The topological polar surface area (TPSA) is 40.5 Å². The average molecular weight is 310 g/mol. The molecule has 0 aliphatic heterocycles. The molecular formula is C21H26O2. The number of benzene rings is 2. The smallest absolute Gasteiger partial charge is 0.115 e. The average Bonchev–Trinajstić information content (AvgIpc) is 3.02. The summed E-state index contributed by atoms with van der Waals surface area (Å²) in [6.45, 7) is 4.63. The van der Waals surface area contributed by atoms with E-state index in [2.05, 4.69) is 38.1 Å². The minimum Gasteiger partial charge on any atom is -0.508 e. The van der Waals surface area contributed by atoms with Crippen molar-refractivity contribution < 1.29 is 10.2 Å². The lowest BCUT2D eigenvalue weighted by Gasteiger charge is -2.32. The molecule has 0 saturated heterocycles. The second-order valence-corrected chi connectivity index (χ2v) is 7.06. The third-order valence-corrected chi connectivity index (χ3v) is 5.84. The standard InChI is InChI=1S/C21H26O2/c1-3-15(2)16-12-13-21(14-16,17-4-8-19(22)9-5-17)18-6-10-20(23)11-7-18/h4-11,15-16,22-23H,3,12-14H2,1-2H3. The summed E-state index contributed by atoms with van der Waals surface area (Å²) < 4.78 is 0. The summed E-state index contributed by atoms with van der Waals surface area (Å²) in [5.74, 6) is 2.07. The van der Waals surface area contributed by atoms with Crippen molar-refractivity contribution in [1.82, 2.24) is 0 Å². The monoisotopic (exact) mass is 310 g/mol. The van der Waals surface area contributed by atoms with E-state index in [4.69, 9.17) is 0 Å². The van der Waals surface area contributed by atoms with Crippen molar-refractivity contribution >= 4 is 0 Å². The highest BCUT2D eigenvalue weighted by Crippen LogP contribution is 2.51. The van der Waals surface area contributed by atoms with Crippen LogP contribution in [0.3, 0.4) is 0 Å². The lowest BCUT2D eigenvalue weighted by Crippen LogP contribution is -2.25. The van der Waals surface area contributed by atoms with Crippen LogP contribution in [0, 0.1) is 11.8 Å². The molecule has 0 bridgehead atoms. The van der Waals surface area contributed by atoms with Gasteiger partial charge in [-0.2, -0.15) is 0 Å². The van der Waals surface area contributed by atoms with Crippen molar-refractivity contribution in [2.75, 3.05) is 0 Å². The number of hydrogen-bond acceptors (Lipinski definition) is 2. The Morgan fingerprint density at radius 1 is 0.957 bits per heavy atom. The summed E-state index contributed by atoms with van der Waals surface area (Å²) in [7, 11) is 0. The summed E-state index contributed by atoms with van der Waals surface area (Å²) in [6.07, 6.45) is 4.71. The SMILES string of the molecule is CCC(C)C1CCC(c2ccc(O)cc2)(c2ccc(O)cc2)C1. The van der Waals surface area contributed by atoms with Crippen molar-refractivity contribution in [3.05, 3.63) is 59.7 Å². The Hall–Kier alpha value is -1.96. The van der Waals surface area contributed by atoms with Gasteiger partial charge in [-0.25, -0.2) is 0 Å². The van der Waals surface area contributed by atoms with Crippen LogP contribution in [0.1, 0.15) is 50.7 Å². The van der Waals surface area contributed by atoms with Crippen LogP contribution in [0.15, 0.2) is 48.5 Å². The van der Waals surface area contributed by atoms with Gasteiger partial charge in [-0.05, 0) is 66.5 Å². The molecule has 2 aromatic rings. The molecule has 3 rings (SSSR count). The number of phenols is 2. The van der Waals surface area contributed by atoms with Crippen LogP contribution in [0.4, 0.5) is 0 Å². The Morgan fingerprint density at radius 3 is 1.87 bits per heavy atom. The van der Waals surface area contributed by atoms with Gasteiger partial charge in [0.25, 0.3) is 0 Å². The minimum atomic E-state index is -0.00447. The third kappa shape index (κ3) is 2.95. The van der Waals surface area contributed by atoms with Gasteiger partial charge in [-0.1, -0.05) is 44.5 Å². The molecule has 2 unspecified atom stereocenters. The van der Waals surface area contributed by atoms with E-state index in [0.29, 0.717) is 11.5 Å². The van der Waals surface area contributed by atoms with Crippen LogP contribution >= 0.6 is 0 Å². The summed E-state index contributed by atoms with van der Waals surface area (Å²) in [6, 6.07) is 15.4. The van der Waals surface area contributed by atoms with Gasteiger partial charge in [0.05, 0.1) is 0 Å². The molecule has 1 saturated carbocycles. The number of rotatable bonds is 4. The first-order chi connectivity index (χ1) is 11.0. The van der Waals surface area contributed by atoms with E-state index in [1.807, 2.05) is 0 Å². The first-order valence-electron chi connectivity index (χ1n) is 8.64. The molecule has 0 aromatic heterocycles. The van der Waals surface area contributed by atoms with E-state index >= 15 is 0 Å². The molecule has 0 spiro atoms. The van der Waals surface area contributed by atoms with Gasteiger partial charge in [-0.15, -0.1) is 0 Å². The lowest BCUT2D eigenvalue weighted by molar-refractivity contribution is 0.341. The molecule has 2 atom stereocenters. The fraction of sp³-hybridized carbons (Fsp3) is 0.429. The van der Waals surface area contributed by atoms with Crippen LogP contribution in [0.2, 0.25) is 0 Å². The molecule has 2 nitrogen and oxygen atoms in total. The maximum absolute atomic E-state index is 9.64. The van der Waals surface area contributed by atoms with Gasteiger partial charge >= 0.3 is 0 Å². The zero-order valence-electron chi connectivity index (χ0n) is 14.0. The summed E-state index contributed by atoms with van der Waals surface area (Å²) >= 11 is 0. The van der Waals surface area contributed by atoms with Crippen LogP contribution in [0.5, 0.6) is 11.5 Å². The first-order valence-corrected chi connectivity index (χ1v) is 8.64. The first kappa shape index (κ1) is 15.9. The summed E-state index contributed by atoms with van der Waals surface area (Å²) in [5, 5.41) is 19.3. The highest BCUT2D eigenvalue weighted by atomic mass is 16.3. The predicted octanol–water partition coefficient (Wildman–Crippen LogP) is 5.23. The molecule has 1 aliphatic carbocycles. The number of hydrogen-bond donors (Lipinski definition) is 2. The molecule has 0 amide bonds. The van der Waals surface area contributed by atoms with Crippen molar-refractivity contribution in [3.8, 4) is 11.5 Å². The molecule has 122 valence electrons. The van der Waals surface area contributed by atoms with E-state index in [1.165, 1.54) is 24.0 Å². The maximum Gasteiger partial charge on any atom is 0.115 e. The quantitative estimate of drug-likeness (QED) is 0.811. The van der Waals surface area contributed by atoms with Crippen molar-refractivity contribution in [3.63, 3.8) is 0 Å². The summed E-state index contributed by atoms with van der Waals surface area (Å²) in [4.78, 5) is 0. The van der Waals surface area contributed by atoms with E-state index < -0.39 is 0 Å². The van der Waals surface area contributed by atoms with Gasteiger partial charge < -0.3 is 10.2 Å². The molecule has 1 aliphatic rings. The Bertz CT molecular complexity index is 597. The van der Waals surface area contributed by atoms with Gasteiger partial charge in [0.15, 0.2) is 0 Å². The number of phenolic OH excluding ortho intramolecular Hbond substituents is 2. The van der Waals surface area contributed by atoms with Crippen molar-refractivity contribution in [2.24, 2.45) is 11.8 Å². The molecule has 23 heavy (non-hydrogen) atoms. The predicted molar refractivity (Wildman–Crippen MR) is 93.8 cm³/mol. The molecule has 2 heteroatoms. The van der Waals surface area contributed by atoms with E-state index in [-0.39, 0.29) is 5.41 Å². The normalized spacial score (nSPS) is 21.2. The minimum absolute atomic E-state index is 0.00447. The van der Waals surface area contributed by atoms with Crippen molar-refractivity contribution in [1.29, 1.82) is 0 Å². The zero-order chi connectivity index (χ0) is 16.4. The van der Waals surface area contributed by atoms with E-state index in [0.717, 1.165) is 24.7 Å². The second-order valence-electron chi connectivity index (χ2n) is 7.06. The second kappa shape index (κ2) is 6.27. The van der Waals surface area contributed by atoms with Gasteiger partial charge in [0, 0.05) is 5.41 Å². The van der Waals surface area contributed by atoms with Crippen LogP contribution in [-0.4, -0.2) is 10.2 Å². The van der Waals surface area contributed by atoms with E-state index in [9.17, 15) is 10.2 Å². The highest BCUT2D eigenvalue weighted by molar-refractivity contribution is 5.44. The lowest BCUT2D eigenvalue weighted by atomic mass is 9.72. The Labute approximate surface area is 138 Å². The Kier molecular flexibility index (Phi) is 4.34. The van der Waals surface area contributed by atoms with Crippen molar-refractivity contribution in [2.45, 2.75) is 44.9 Å². The molecular weight excluding hydrogens is 284 g/mol. The highest BCUT2D eigenvalue weighted by Gasteiger charge is 2.43. The van der Waals surface area contributed by atoms with Crippen LogP contribution < -0.4 is 0 Å². The fourth-order valence-corrected chi connectivity index (χ4v) is 4.15. The maximum atomic E-state index is 9.64. The molecule has 0 heterocycles. The van der Waals surface area contributed by atoms with Crippen LogP contribution in [0.25, 0.3) is 0 Å². The van der Waals surface area contributed by atoms with E-state index in [1.54, 1.807) is 24.3 Å². The molecule has 0 radical (unpaired) electrons. The molecule has 2 aromatic carbocycles.